The minimum absolute atomic E-state index is 0.0154. The van der Waals surface area contributed by atoms with Crippen LogP contribution in [0.3, 0.4) is 0 Å². The van der Waals surface area contributed by atoms with E-state index < -0.39 is 5.41 Å². The van der Waals surface area contributed by atoms with Gasteiger partial charge < -0.3 is 39.2 Å². The molecule has 0 bridgehead atoms. The van der Waals surface area contributed by atoms with E-state index in [0.717, 1.165) is 61.7 Å². The fraction of sp³-hybridized carbons (Fsp3) is 0.606. The first-order valence-electron chi connectivity index (χ1n) is 15.1. The number of amides is 1. The van der Waals surface area contributed by atoms with Crippen LogP contribution in [0.5, 0.6) is 11.5 Å². The molecule has 0 aromatic heterocycles. The molecule has 0 saturated carbocycles. The normalized spacial score (nSPS) is 20.5. The molecule has 2 aromatic rings. The van der Waals surface area contributed by atoms with Crippen LogP contribution in [-0.4, -0.2) is 85.4 Å². The van der Waals surface area contributed by atoms with Crippen molar-refractivity contribution in [3.8, 4) is 11.5 Å². The molecule has 9 nitrogen and oxygen atoms in total. The van der Waals surface area contributed by atoms with Gasteiger partial charge in [-0.3, -0.25) is 4.79 Å². The van der Waals surface area contributed by atoms with E-state index in [9.17, 15) is 4.79 Å². The molecule has 42 heavy (non-hydrogen) atoms. The van der Waals surface area contributed by atoms with E-state index in [1.807, 2.05) is 26.0 Å². The Bertz CT molecular complexity index is 1130. The van der Waals surface area contributed by atoms with Crippen LogP contribution in [0.2, 0.25) is 0 Å². The molecule has 1 amide bonds. The first-order valence-corrected chi connectivity index (χ1v) is 15.1. The second-order valence-corrected chi connectivity index (χ2v) is 11.9. The summed E-state index contributed by atoms with van der Waals surface area (Å²) < 4.78 is 28.3. The van der Waals surface area contributed by atoms with Crippen LogP contribution in [0, 0.1) is 5.41 Å². The Morgan fingerprint density at radius 3 is 2.62 bits per heavy atom. The second-order valence-electron chi connectivity index (χ2n) is 11.9. The molecule has 0 aliphatic carbocycles. The molecule has 2 aliphatic heterocycles. The largest absolute Gasteiger partial charge is 0.497 e. The lowest BCUT2D eigenvalue weighted by molar-refractivity contribution is -0.130. The number of hydrogen-bond donors (Lipinski definition) is 2. The van der Waals surface area contributed by atoms with Crippen LogP contribution in [0.25, 0.3) is 0 Å². The summed E-state index contributed by atoms with van der Waals surface area (Å²) in [5, 5.41) is 6.70. The van der Waals surface area contributed by atoms with Crippen molar-refractivity contribution in [1.29, 1.82) is 0 Å². The summed E-state index contributed by atoms with van der Waals surface area (Å²) in [4.78, 5) is 15.3. The van der Waals surface area contributed by atoms with Gasteiger partial charge in [0.05, 0.1) is 38.7 Å². The Labute approximate surface area is 251 Å². The number of fused-ring (bicyclic) bond motifs is 1. The standard InChI is InChI=1S/C33H49N3O6/c1-33(2,32(37)34-13-17-39-4)21-26-20-28(25-8-10-27(40-5)11-9-25)31(22-35-26)42-23-24-7-12-30-29(19-24)36(15-18-41-30)14-6-16-38-3/h7-12,19,26,28,31,35H,6,13-18,20-23H2,1-5H3,(H,34,37)/t26-,28+,31?/m0/s1. The number of anilines is 1. The lowest BCUT2D eigenvalue weighted by Gasteiger charge is -2.40. The summed E-state index contributed by atoms with van der Waals surface area (Å²) in [5.41, 5.74) is 2.96. The molecular weight excluding hydrogens is 534 g/mol. The number of carbonyl (C=O) groups is 1. The zero-order chi connectivity index (χ0) is 30.0. The molecule has 1 unspecified atom stereocenters. The van der Waals surface area contributed by atoms with Gasteiger partial charge in [-0.1, -0.05) is 32.0 Å². The number of piperidine rings is 1. The minimum atomic E-state index is -0.510. The summed E-state index contributed by atoms with van der Waals surface area (Å²) in [7, 11) is 5.07. The molecule has 4 rings (SSSR count). The van der Waals surface area contributed by atoms with E-state index in [1.165, 1.54) is 5.56 Å². The van der Waals surface area contributed by atoms with Gasteiger partial charge in [0, 0.05) is 57.8 Å². The van der Waals surface area contributed by atoms with Gasteiger partial charge in [-0.25, -0.2) is 0 Å². The second kappa shape index (κ2) is 15.6. The van der Waals surface area contributed by atoms with E-state index in [1.54, 1.807) is 21.3 Å². The zero-order valence-electron chi connectivity index (χ0n) is 25.9. The topological polar surface area (TPSA) is 90.5 Å². The highest BCUT2D eigenvalue weighted by atomic mass is 16.5. The highest BCUT2D eigenvalue weighted by Crippen LogP contribution is 2.37. The van der Waals surface area contributed by atoms with Crippen LogP contribution in [0.1, 0.15) is 50.2 Å². The predicted octanol–water partition coefficient (Wildman–Crippen LogP) is 4.14. The Morgan fingerprint density at radius 2 is 1.88 bits per heavy atom. The number of nitrogens with one attached hydrogen (secondary N) is 2. The maximum atomic E-state index is 12.9. The fourth-order valence-electron chi connectivity index (χ4n) is 5.96. The van der Waals surface area contributed by atoms with E-state index in [0.29, 0.717) is 32.9 Å². The van der Waals surface area contributed by atoms with Crippen LogP contribution in [0.4, 0.5) is 5.69 Å². The summed E-state index contributed by atoms with van der Waals surface area (Å²) in [5.74, 6) is 1.99. The third kappa shape index (κ3) is 8.60. The minimum Gasteiger partial charge on any atom is -0.497 e. The summed E-state index contributed by atoms with van der Waals surface area (Å²) in [6.07, 6.45) is 2.56. The van der Waals surface area contributed by atoms with E-state index >= 15 is 0 Å². The summed E-state index contributed by atoms with van der Waals surface area (Å²) in [6, 6.07) is 14.8. The van der Waals surface area contributed by atoms with Crippen LogP contribution in [0.15, 0.2) is 42.5 Å². The first-order chi connectivity index (χ1) is 20.3. The molecule has 232 valence electrons. The fourth-order valence-corrected chi connectivity index (χ4v) is 5.96. The molecule has 2 aliphatic rings. The number of nitrogens with zero attached hydrogens (tertiary/aromatic N) is 1. The van der Waals surface area contributed by atoms with E-state index in [2.05, 4.69) is 45.9 Å². The molecule has 1 saturated heterocycles. The van der Waals surface area contributed by atoms with E-state index in [-0.39, 0.29) is 24.0 Å². The number of methoxy groups -OCH3 is 3. The van der Waals surface area contributed by atoms with Crippen LogP contribution >= 0.6 is 0 Å². The zero-order valence-corrected chi connectivity index (χ0v) is 25.9. The number of benzene rings is 2. The van der Waals surface area contributed by atoms with Gasteiger partial charge in [-0.2, -0.15) is 0 Å². The number of carbonyl (C=O) groups excluding carboxylic acids is 1. The van der Waals surface area contributed by atoms with Gasteiger partial charge in [-0.05, 0) is 54.7 Å². The van der Waals surface area contributed by atoms with Crippen molar-refractivity contribution in [2.45, 2.75) is 57.8 Å². The average molecular weight is 584 g/mol. The predicted molar refractivity (Wildman–Crippen MR) is 165 cm³/mol. The Hall–Kier alpha value is -2.85. The summed E-state index contributed by atoms with van der Waals surface area (Å²) >= 11 is 0. The smallest absolute Gasteiger partial charge is 0.225 e. The van der Waals surface area contributed by atoms with Crippen LogP contribution in [-0.2, 0) is 25.6 Å². The highest BCUT2D eigenvalue weighted by Gasteiger charge is 2.37. The third-order valence-electron chi connectivity index (χ3n) is 8.33. The van der Waals surface area contributed by atoms with E-state index in [4.69, 9.17) is 23.7 Å². The average Bonchev–Trinajstić information content (AvgIpc) is 3.00. The van der Waals surface area contributed by atoms with Crippen molar-refractivity contribution in [1.82, 2.24) is 10.6 Å². The van der Waals surface area contributed by atoms with Gasteiger partial charge >= 0.3 is 0 Å². The lowest BCUT2D eigenvalue weighted by Crippen LogP contribution is -2.50. The number of hydrogen-bond acceptors (Lipinski definition) is 8. The molecule has 3 atom stereocenters. The number of rotatable bonds is 15. The van der Waals surface area contributed by atoms with Crippen molar-refractivity contribution >= 4 is 11.6 Å². The number of ether oxygens (including phenoxy) is 5. The van der Waals surface area contributed by atoms with Gasteiger partial charge in [0.25, 0.3) is 0 Å². The molecular formula is C33H49N3O6. The highest BCUT2D eigenvalue weighted by molar-refractivity contribution is 5.81. The molecule has 0 radical (unpaired) electrons. The lowest BCUT2D eigenvalue weighted by atomic mass is 9.77. The molecule has 1 fully saturated rings. The van der Waals surface area contributed by atoms with Crippen molar-refractivity contribution in [2.24, 2.45) is 5.41 Å². The molecule has 9 heteroatoms. The third-order valence-corrected chi connectivity index (χ3v) is 8.33. The molecule has 2 N–H and O–H groups in total. The monoisotopic (exact) mass is 583 g/mol. The van der Waals surface area contributed by atoms with Crippen molar-refractivity contribution in [2.75, 3.05) is 72.2 Å². The maximum absolute atomic E-state index is 12.9. The SMILES string of the molecule is COCCCN1CCOc2ccc(COC3CN[C@H](CC(C)(C)C(=O)NCCOC)C[C@@H]3c3ccc(OC)cc3)cc21. The molecule has 0 spiro atoms. The molecule has 2 aromatic carbocycles. The first kappa shape index (κ1) is 32.1. The van der Waals surface area contributed by atoms with Crippen molar-refractivity contribution in [3.63, 3.8) is 0 Å². The Kier molecular flexibility index (Phi) is 11.9. The van der Waals surface area contributed by atoms with Gasteiger partial charge in [-0.15, -0.1) is 0 Å². The Balaban J connectivity index is 1.44. The Morgan fingerprint density at radius 1 is 1.10 bits per heavy atom. The summed E-state index contributed by atoms with van der Waals surface area (Å²) in [6.45, 7) is 9.51. The van der Waals surface area contributed by atoms with Crippen LogP contribution < -0.4 is 25.0 Å². The van der Waals surface area contributed by atoms with Gasteiger partial charge in [0.1, 0.15) is 18.1 Å². The van der Waals surface area contributed by atoms with Crippen molar-refractivity contribution in [3.05, 3.63) is 53.6 Å². The molecule has 2 heterocycles. The quantitative estimate of drug-likeness (QED) is 0.303. The van der Waals surface area contributed by atoms with Gasteiger partial charge in [0.2, 0.25) is 5.91 Å². The van der Waals surface area contributed by atoms with Crippen molar-refractivity contribution < 1.29 is 28.5 Å². The maximum Gasteiger partial charge on any atom is 0.225 e. The van der Waals surface area contributed by atoms with Gasteiger partial charge in [0.15, 0.2) is 0 Å².